The Balaban J connectivity index is 0.000000135. The Morgan fingerprint density at radius 2 is 0.651 bits per heavy atom. The van der Waals surface area contributed by atoms with Crippen molar-refractivity contribution in [2.75, 3.05) is 34.5 Å². The van der Waals surface area contributed by atoms with Crippen LogP contribution in [-0.2, 0) is 76.1 Å². The molecule has 4 aliphatic carbocycles. The fourth-order valence-corrected chi connectivity index (χ4v) is 20.1. The molecule has 11 aromatic carbocycles. The largest absolute Gasteiger partial charge is 0.449 e. The van der Waals surface area contributed by atoms with Crippen molar-refractivity contribution in [1.82, 2.24) is 24.9 Å². The summed E-state index contributed by atoms with van der Waals surface area (Å²) in [5, 5.41) is 15.1. The summed E-state index contributed by atoms with van der Waals surface area (Å²) in [5.41, 5.74) is 23.7. The van der Waals surface area contributed by atoms with E-state index in [1.165, 1.54) is 11.6 Å². The highest BCUT2D eigenvalue weighted by Gasteiger charge is 2.37. The highest BCUT2D eigenvalue weighted by Crippen LogP contribution is 2.55. The van der Waals surface area contributed by atoms with Gasteiger partial charge in [0.05, 0.1) is 79.7 Å². The van der Waals surface area contributed by atoms with Crippen molar-refractivity contribution in [1.29, 1.82) is 0 Å². The first kappa shape index (κ1) is 105. The van der Waals surface area contributed by atoms with Crippen LogP contribution in [0.25, 0.3) is 63.9 Å². The van der Waals surface area contributed by atoms with Crippen molar-refractivity contribution in [2.24, 2.45) is 0 Å². The van der Waals surface area contributed by atoms with E-state index in [0.29, 0.717) is 95.0 Å². The van der Waals surface area contributed by atoms with Gasteiger partial charge in [-0.3, -0.25) is 46.2 Å². The van der Waals surface area contributed by atoms with E-state index in [2.05, 4.69) is 105 Å². The van der Waals surface area contributed by atoms with Crippen LogP contribution in [0.2, 0.25) is 45.2 Å². The SMILES string of the molecule is [C-]#[N+]c1c(NC(=O)OCCc2ccccc2Cl)ncc2c1-c1ccccc1C(c1ccc(Cl)c(Cl)c1)C2.[C-]#[N+]c1c(NC(=O)OCCc2ccccn2)ncc2c1-c1ccccc1C(c1ccc(Cl)c(Cl)c1)C2.[C-]#[N+]c1c(NC(=O)OCc2ccc(C(C)(C)C)cc2)ncc2c1-c1ccccc1C(c1ccc(Cl)c(Cl)c1)C2.[C-]#[N+]c1c(NC(=O)OCc2ccc(F)c(F)c2)ncc2c1-c1ccccc1C(c1ccc(Cl)c(Cl)c1)C2. The van der Waals surface area contributed by atoms with E-state index in [4.69, 9.17) is 150 Å². The van der Waals surface area contributed by atoms with E-state index >= 15 is 0 Å². The molecule has 5 aromatic heterocycles. The Hall–Kier alpha value is -15.3. The second kappa shape index (κ2) is 47.2. The Bertz CT molecular complexity index is 8100. The minimum Gasteiger partial charge on any atom is -0.449 e. The molecule has 4 aliphatic rings. The first-order valence-electron chi connectivity index (χ1n) is 46.7. The molecule has 149 heavy (non-hydrogen) atoms. The molecule has 4 atom stereocenters. The van der Waals surface area contributed by atoms with Gasteiger partial charge in [0.15, 0.2) is 11.6 Å². The molecule has 742 valence electrons. The number of amides is 4. The molecule has 0 bridgehead atoms. The van der Waals surface area contributed by atoms with Gasteiger partial charge in [0.25, 0.3) is 0 Å². The number of benzene rings is 11. The number of hydrogen-bond acceptors (Lipinski definition) is 13. The van der Waals surface area contributed by atoms with E-state index in [-0.39, 0.29) is 101 Å². The number of hydrogen-bond donors (Lipinski definition) is 4. The second-order valence-corrected chi connectivity index (χ2v) is 39.6. The van der Waals surface area contributed by atoms with Crippen LogP contribution in [0.3, 0.4) is 0 Å². The summed E-state index contributed by atoms with van der Waals surface area (Å²) in [4.78, 5) is 87.0. The number of halogens is 11. The number of carbonyl (C=O) groups is 4. The van der Waals surface area contributed by atoms with Gasteiger partial charge in [-0.1, -0.05) is 301 Å². The van der Waals surface area contributed by atoms with E-state index in [1.807, 2.05) is 188 Å². The van der Waals surface area contributed by atoms with Gasteiger partial charge in [-0.05, 0) is 243 Å². The third kappa shape index (κ3) is 24.1. The number of carbonyl (C=O) groups excluding carboxylic acids is 4. The van der Waals surface area contributed by atoms with Crippen molar-refractivity contribution < 1.29 is 46.9 Å². The standard InChI is InChI=1S/C32H27Cl2N3O2.C29H20Cl3N3O2.C28H17Cl2F2N3O2.C28H20Cl2N4O2/c1-32(2,3)22-12-9-19(10-13-22)18-39-31(38)37-30-29(35-4)28-21(17-36-30)15-25(23-7-5-6-8-24(23)28)20-11-14-26(33)27(34)16-20;1-33-27-26-19(16-34-28(27)35-29(36)37-13-12-17-6-2-5-9-23(17)30)14-22(20-7-3-4-8-21(20)26)18-10-11-24(31)25(32)15-18;1-33-26-25-17(13-34-27(26)35-28(36)37-14-15-6-9-23(31)24(32)10-15)11-20(18-4-2-3-5-19(18)25)16-7-8-21(29)22(30)12-16;1-31-26-25-18(16-33-27(26)34-28(35)36-13-11-19-6-4-5-12-32-19)14-22(20-7-2-3-8-21(20)25)17-9-10-23(29)24(30)15-17/h5-14,16-17,25H,15,18H2,1-3H3,(H,36,37,38);2-11,15-16,22H,12-14H2,(H,34,35,36);2-10,12-13,20H,11,14H2,(H,34,35,36);2-10,12,15-16,22H,11,13-14H2,(H,33,34,35). The summed E-state index contributed by atoms with van der Waals surface area (Å²) in [7, 11) is 0. The van der Waals surface area contributed by atoms with Gasteiger partial charge >= 0.3 is 24.4 Å². The van der Waals surface area contributed by atoms with E-state index < -0.39 is 36.0 Å². The molecule has 4 amide bonds. The monoisotopic (exact) mass is 2150 g/mol. The lowest BCUT2D eigenvalue weighted by molar-refractivity contribution is 0.154. The van der Waals surface area contributed by atoms with Crippen LogP contribution in [0.5, 0.6) is 0 Å². The maximum Gasteiger partial charge on any atom is 0.412 e. The number of anilines is 4. The first-order valence-corrected chi connectivity index (χ1v) is 50.1. The zero-order valence-electron chi connectivity index (χ0n) is 79.5. The van der Waals surface area contributed by atoms with Gasteiger partial charge in [-0.15, -0.1) is 0 Å². The van der Waals surface area contributed by atoms with Crippen LogP contribution in [-0.4, -0.2) is 62.5 Å². The van der Waals surface area contributed by atoms with Gasteiger partial charge in [-0.2, -0.15) is 0 Å². The molecular formula is C117H84Cl9F2N13O8. The normalized spacial score (nSPS) is 13.8. The highest BCUT2D eigenvalue weighted by atomic mass is 35.5. The van der Waals surface area contributed by atoms with Gasteiger partial charge < -0.3 is 18.9 Å². The van der Waals surface area contributed by atoms with Crippen molar-refractivity contribution in [3.05, 3.63) is 483 Å². The lowest BCUT2D eigenvalue weighted by Gasteiger charge is -2.29. The molecule has 5 heterocycles. The summed E-state index contributed by atoms with van der Waals surface area (Å²) < 4.78 is 47.8. The minimum absolute atomic E-state index is 0.0208. The van der Waals surface area contributed by atoms with E-state index in [1.54, 1.807) is 61.3 Å². The number of fused-ring (bicyclic) bond motifs is 12. The highest BCUT2D eigenvalue weighted by molar-refractivity contribution is 6.43. The van der Waals surface area contributed by atoms with Crippen LogP contribution < -0.4 is 21.3 Å². The van der Waals surface area contributed by atoms with Crippen LogP contribution in [0.15, 0.2) is 286 Å². The van der Waals surface area contributed by atoms with Crippen LogP contribution >= 0.6 is 104 Å². The molecule has 0 saturated carbocycles. The van der Waals surface area contributed by atoms with Crippen LogP contribution in [0, 0.1) is 37.9 Å². The zero-order chi connectivity index (χ0) is 105. The average molecular weight is 2160 g/mol. The fourth-order valence-electron chi connectivity index (χ4n) is 18.6. The van der Waals surface area contributed by atoms with Crippen molar-refractivity contribution >= 4 is 175 Å². The minimum atomic E-state index is -1.04. The van der Waals surface area contributed by atoms with Gasteiger partial charge in [-0.25, -0.2) is 47.3 Å². The number of ether oxygens (including phenoxy) is 4. The number of rotatable bonds is 18. The number of pyridine rings is 5. The first-order chi connectivity index (χ1) is 72.0. The smallest absolute Gasteiger partial charge is 0.412 e. The molecule has 0 saturated heterocycles. The topological polar surface area (TPSA) is 235 Å². The lowest BCUT2D eigenvalue weighted by Crippen LogP contribution is -2.18. The summed E-state index contributed by atoms with van der Waals surface area (Å²) in [6.45, 7) is 38.1. The molecule has 20 rings (SSSR count). The molecule has 21 nitrogen and oxygen atoms in total. The van der Waals surface area contributed by atoms with Gasteiger partial charge in [0.1, 0.15) is 36.5 Å². The summed E-state index contributed by atoms with van der Waals surface area (Å²) in [5.74, 6) is -1.41. The van der Waals surface area contributed by atoms with Crippen LogP contribution in [0.1, 0.15) is 139 Å². The fraction of sp³-hybridized carbons (Fsp3) is 0.154. The Morgan fingerprint density at radius 1 is 0.336 bits per heavy atom. The molecule has 0 radical (unpaired) electrons. The average Bonchev–Trinajstić information content (AvgIpc) is 0.756. The van der Waals surface area contributed by atoms with Gasteiger partial charge in [0.2, 0.25) is 22.7 Å². The maximum absolute atomic E-state index is 13.4. The quantitative estimate of drug-likeness (QED) is 0.0463. The number of nitrogens with zero attached hydrogens (tertiary/aromatic N) is 9. The Kier molecular flexibility index (Phi) is 33.3. The van der Waals surface area contributed by atoms with Crippen molar-refractivity contribution in [2.45, 2.75) is 102 Å². The number of aromatic nitrogens is 5. The summed E-state index contributed by atoms with van der Waals surface area (Å²) in [6, 6.07) is 78.3. The van der Waals surface area contributed by atoms with Crippen molar-refractivity contribution in [3.8, 4) is 44.5 Å². The predicted octanol–water partition coefficient (Wildman–Crippen LogP) is 33.9. The molecule has 4 unspecified atom stereocenters. The zero-order valence-corrected chi connectivity index (χ0v) is 86.3. The Morgan fingerprint density at radius 3 is 0.973 bits per heavy atom. The molecule has 0 aliphatic heterocycles. The molecule has 16 aromatic rings. The molecule has 0 spiro atoms. The third-order valence-electron chi connectivity index (χ3n) is 25.8. The maximum atomic E-state index is 13.4. The number of nitrogens with one attached hydrogen (secondary N) is 4. The van der Waals surface area contributed by atoms with Gasteiger partial charge in [0, 0.05) is 78.2 Å². The second-order valence-electron chi connectivity index (χ2n) is 36.0. The third-order valence-corrected chi connectivity index (χ3v) is 29.1. The predicted molar refractivity (Wildman–Crippen MR) is 584 cm³/mol. The van der Waals surface area contributed by atoms with Crippen LogP contribution in [0.4, 0.5) is 74.0 Å². The Labute approximate surface area is 903 Å². The molecule has 32 heteroatoms. The molecule has 0 fully saturated rings. The van der Waals surface area contributed by atoms with E-state index in [0.717, 1.165) is 135 Å². The molecule has 4 N–H and O–H groups in total. The van der Waals surface area contributed by atoms with Crippen molar-refractivity contribution in [3.63, 3.8) is 0 Å². The van der Waals surface area contributed by atoms with E-state index in [9.17, 15) is 28.0 Å². The lowest BCUT2D eigenvalue weighted by atomic mass is 9.76. The summed E-state index contributed by atoms with van der Waals surface area (Å²) in [6.07, 6.45) is 9.03. The molecular weight excluding hydrogens is 2070 g/mol. The summed E-state index contributed by atoms with van der Waals surface area (Å²) >= 11 is 56.0.